The monoisotopic (exact) mass is 313 g/mol. The molecular formula is C18H35NO3. The van der Waals surface area contributed by atoms with Gasteiger partial charge in [0.05, 0.1) is 12.2 Å². The van der Waals surface area contributed by atoms with Gasteiger partial charge in [0.25, 0.3) is 0 Å². The van der Waals surface area contributed by atoms with Crippen LogP contribution in [-0.4, -0.2) is 43.8 Å². The van der Waals surface area contributed by atoms with Crippen molar-refractivity contribution in [2.45, 2.75) is 108 Å². The van der Waals surface area contributed by atoms with Gasteiger partial charge >= 0.3 is 0 Å². The molecule has 2 saturated carbocycles. The van der Waals surface area contributed by atoms with Crippen LogP contribution in [0.25, 0.3) is 0 Å². The number of nitrogens with zero attached hydrogens (tertiary/aromatic N) is 1. The molecule has 0 amide bonds. The first kappa shape index (κ1) is 18.2. The number of piperidine rings is 1. The molecule has 0 unspecified atom stereocenters. The van der Waals surface area contributed by atoms with Crippen LogP contribution in [0.2, 0.25) is 0 Å². The number of aliphatic hydroxyl groups excluding tert-OH is 2. The second kappa shape index (κ2) is 7.16. The van der Waals surface area contributed by atoms with Crippen molar-refractivity contribution < 1.29 is 15.4 Å². The lowest BCUT2D eigenvalue weighted by Gasteiger charge is -2.59. The molecule has 3 N–H and O–H groups in total. The maximum Gasteiger partial charge on any atom is 0.0541 e. The van der Waals surface area contributed by atoms with Gasteiger partial charge in [-0.05, 0) is 70.1 Å². The Morgan fingerprint density at radius 1 is 0.773 bits per heavy atom. The van der Waals surface area contributed by atoms with E-state index in [4.69, 9.17) is 0 Å². The lowest BCUT2D eigenvalue weighted by molar-refractivity contribution is -0.290. The number of hydrogen-bond donors (Lipinski definition) is 3. The first-order valence-corrected chi connectivity index (χ1v) is 9.31. The van der Waals surface area contributed by atoms with E-state index in [0.717, 1.165) is 64.2 Å². The zero-order chi connectivity index (χ0) is 16.4. The van der Waals surface area contributed by atoms with Crippen molar-refractivity contribution in [3.05, 3.63) is 0 Å². The van der Waals surface area contributed by atoms with Crippen LogP contribution in [0.3, 0.4) is 0 Å². The topological polar surface area (TPSA) is 63.9 Å². The summed E-state index contributed by atoms with van der Waals surface area (Å²) in [5.74, 6) is 0.615. The molecule has 0 aromatic rings. The minimum atomic E-state index is -0.185. The van der Waals surface area contributed by atoms with E-state index in [1.165, 1.54) is 0 Å². The van der Waals surface area contributed by atoms with E-state index in [1.54, 1.807) is 5.06 Å². The lowest BCUT2D eigenvalue weighted by atomic mass is 9.63. The molecule has 0 atom stereocenters. The Bertz CT molecular complexity index is 312. The van der Waals surface area contributed by atoms with Crippen LogP contribution in [0, 0.1) is 5.92 Å². The first-order chi connectivity index (χ1) is 10.5. The molecule has 0 aromatic carbocycles. The molecule has 3 rings (SSSR count). The molecule has 0 aromatic heterocycles. The van der Waals surface area contributed by atoms with Gasteiger partial charge < -0.3 is 15.4 Å². The highest BCUT2D eigenvalue weighted by molar-refractivity contribution is 5.06. The fraction of sp³-hybridized carbons (Fsp3) is 1.00. The minimum Gasteiger partial charge on any atom is -0.393 e. The highest BCUT2D eigenvalue weighted by atomic mass is 16.5. The summed E-state index contributed by atoms with van der Waals surface area (Å²) >= 11 is 0. The normalized spacial score (nSPS) is 46.4. The van der Waals surface area contributed by atoms with Crippen molar-refractivity contribution in [1.82, 2.24) is 5.06 Å². The van der Waals surface area contributed by atoms with E-state index in [-0.39, 0.29) is 23.3 Å². The average molecular weight is 313 g/mol. The minimum absolute atomic E-state index is 0.126. The maximum atomic E-state index is 11.0. The Hall–Kier alpha value is -0.160. The molecule has 0 bridgehead atoms. The Labute approximate surface area is 135 Å². The Kier molecular flexibility index (Phi) is 5.92. The summed E-state index contributed by atoms with van der Waals surface area (Å²) in [5.41, 5.74) is -0.252. The van der Waals surface area contributed by atoms with Gasteiger partial charge in [-0.2, -0.15) is 5.06 Å². The molecule has 3 fully saturated rings. The van der Waals surface area contributed by atoms with E-state index in [2.05, 4.69) is 6.92 Å². The summed E-state index contributed by atoms with van der Waals surface area (Å²) in [6, 6.07) is 0. The maximum absolute atomic E-state index is 11.0. The van der Waals surface area contributed by atoms with Crippen molar-refractivity contribution in [3.63, 3.8) is 0 Å². The van der Waals surface area contributed by atoms with Crippen molar-refractivity contribution in [2.24, 2.45) is 5.92 Å². The quantitative estimate of drug-likeness (QED) is 0.640. The van der Waals surface area contributed by atoms with Gasteiger partial charge in [0.1, 0.15) is 0 Å². The van der Waals surface area contributed by atoms with Crippen molar-refractivity contribution in [3.8, 4) is 0 Å². The second-order valence-corrected chi connectivity index (χ2v) is 7.74. The number of hydroxylamine groups is 2. The third-order valence-electron chi connectivity index (χ3n) is 6.13. The van der Waals surface area contributed by atoms with E-state index in [0.29, 0.717) is 5.92 Å². The molecule has 4 nitrogen and oxygen atoms in total. The zero-order valence-electron chi connectivity index (χ0n) is 14.6. The van der Waals surface area contributed by atoms with Crippen LogP contribution >= 0.6 is 0 Å². The molecule has 2 spiro atoms. The molecule has 1 heterocycles. The number of rotatable bonds is 0. The van der Waals surface area contributed by atoms with Crippen LogP contribution in [-0.2, 0) is 0 Å². The van der Waals surface area contributed by atoms with E-state index < -0.39 is 0 Å². The first-order valence-electron chi connectivity index (χ1n) is 9.31. The fourth-order valence-corrected chi connectivity index (χ4v) is 5.16. The third kappa shape index (κ3) is 3.35. The molecule has 4 heteroatoms. The Morgan fingerprint density at radius 3 is 1.41 bits per heavy atom. The van der Waals surface area contributed by atoms with E-state index >= 15 is 0 Å². The second-order valence-electron chi connectivity index (χ2n) is 7.74. The molecule has 22 heavy (non-hydrogen) atoms. The van der Waals surface area contributed by atoms with Crippen LogP contribution in [0.1, 0.15) is 85.0 Å². The van der Waals surface area contributed by atoms with Gasteiger partial charge in [-0.25, -0.2) is 0 Å². The van der Waals surface area contributed by atoms with Gasteiger partial charge in [0.2, 0.25) is 0 Å². The molecule has 3 aliphatic rings. The molecule has 1 aliphatic heterocycles. The highest BCUT2D eigenvalue weighted by Crippen LogP contribution is 2.52. The summed E-state index contributed by atoms with van der Waals surface area (Å²) in [4.78, 5) is 0. The average Bonchev–Trinajstić information content (AvgIpc) is 2.53. The van der Waals surface area contributed by atoms with Crippen molar-refractivity contribution in [2.75, 3.05) is 0 Å². The van der Waals surface area contributed by atoms with Gasteiger partial charge in [0, 0.05) is 11.1 Å². The summed E-state index contributed by atoms with van der Waals surface area (Å²) in [5, 5.41) is 32.3. The summed E-state index contributed by atoms with van der Waals surface area (Å²) < 4.78 is 0. The third-order valence-corrected chi connectivity index (χ3v) is 6.13. The summed E-state index contributed by atoms with van der Waals surface area (Å²) in [6.07, 6.45) is 8.56. The van der Waals surface area contributed by atoms with Gasteiger partial charge in [-0.3, -0.25) is 0 Å². The van der Waals surface area contributed by atoms with Crippen LogP contribution in [0.4, 0.5) is 0 Å². The number of hydrogen-bond acceptors (Lipinski definition) is 4. The zero-order valence-corrected chi connectivity index (χ0v) is 14.6. The summed E-state index contributed by atoms with van der Waals surface area (Å²) in [6.45, 7) is 6.30. The Morgan fingerprint density at radius 2 is 1.09 bits per heavy atom. The summed E-state index contributed by atoms with van der Waals surface area (Å²) in [7, 11) is 0. The molecule has 2 aliphatic carbocycles. The molecule has 0 radical (unpaired) electrons. The van der Waals surface area contributed by atoms with Crippen molar-refractivity contribution >= 4 is 0 Å². The van der Waals surface area contributed by atoms with E-state index in [1.807, 2.05) is 13.8 Å². The fourth-order valence-electron chi connectivity index (χ4n) is 5.16. The largest absolute Gasteiger partial charge is 0.393 e. The van der Waals surface area contributed by atoms with E-state index in [9.17, 15) is 15.4 Å². The van der Waals surface area contributed by atoms with Gasteiger partial charge in [-0.15, -0.1) is 0 Å². The SMILES string of the molecule is CC.CC1CC2(CCC(O)CC2)N(O)C2(CCC(O)CC2)C1. The van der Waals surface area contributed by atoms with Crippen LogP contribution in [0.15, 0.2) is 0 Å². The highest BCUT2D eigenvalue weighted by Gasteiger charge is 2.54. The molecular weight excluding hydrogens is 278 g/mol. The molecule has 130 valence electrons. The van der Waals surface area contributed by atoms with Crippen molar-refractivity contribution in [1.29, 1.82) is 0 Å². The number of aliphatic hydroxyl groups is 2. The predicted molar refractivity (Wildman–Crippen MR) is 87.8 cm³/mol. The standard InChI is InChI=1S/C16H29NO3.C2H6/c1-12-10-15(6-2-13(18)3-7-15)17(20)16(11-12)8-4-14(19)5-9-16;1-2/h12-14,18-20H,2-11H2,1H3;1-2H3. The smallest absolute Gasteiger partial charge is 0.0541 e. The van der Waals surface area contributed by atoms with Gasteiger partial charge in [0.15, 0.2) is 0 Å². The van der Waals surface area contributed by atoms with Crippen LogP contribution < -0.4 is 0 Å². The van der Waals surface area contributed by atoms with Crippen LogP contribution in [0.5, 0.6) is 0 Å². The predicted octanol–water partition coefficient (Wildman–Crippen LogP) is 3.48. The Balaban J connectivity index is 0.000000847. The lowest BCUT2D eigenvalue weighted by Crippen LogP contribution is -2.65. The molecule has 1 saturated heterocycles. The van der Waals surface area contributed by atoms with Gasteiger partial charge in [-0.1, -0.05) is 20.8 Å².